The van der Waals surface area contributed by atoms with Crippen molar-refractivity contribution in [1.82, 2.24) is 0 Å². The van der Waals surface area contributed by atoms with Crippen LogP contribution in [0.15, 0.2) is 54.6 Å². The van der Waals surface area contributed by atoms with Gasteiger partial charge in [0.1, 0.15) is 5.75 Å². The van der Waals surface area contributed by atoms with Crippen LogP contribution in [0.1, 0.15) is 31.1 Å². The topological polar surface area (TPSA) is 38.7 Å². The van der Waals surface area contributed by atoms with E-state index in [-0.39, 0.29) is 12.0 Å². The zero-order chi connectivity index (χ0) is 15.9. The summed E-state index contributed by atoms with van der Waals surface area (Å²) in [5, 5.41) is 9.92. The summed E-state index contributed by atoms with van der Waals surface area (Å²) in [6.07, 6.45) is -0.565. The zero-order valence-corrected chi connectivity index (χ0v) is 13.4. The van der Waals surface area contributed by atoms with E-state index in [0.29, 0.717) is 6.61 Å². The molecule has 3 nitrogen and oxygen atoms in total. The second-order valence-corrected chi connectivity index (χ2v) is 5.59. The predicted molar refractivity (Wildman–Crippen MR) is 87.8 cm³/mol. The molecule has 0 aromatic heterocycles. The first-order valence-electron chi connectivity index (χ1n) is 7.59. The number of ether oxygens (including phenoxy) is 2. The summed E-state index contributed by atoms with van der Waals surface area (Å²) in [6, 6.07) is 17.9. The van der Waals surface area contributed by atoms with E-state index in [4.69, 9.17) is 9.47 Å². The molecule has 118 valence electrons. The van der Waals surface area contributed by atoms with E-state index in [1.807, 2.05) is 61.5 Å². The van der Waals surface area contributed by atoms with Crippen molar-refractivity contribution in [3.05, 3.63) is 65.7 Å². The van der Waals surface area contributed by atoms with Crippen LogP contribution < -0.4 is 4.74 Å². The average molecular weight is 300 g/mol. The summed E-state index contributed by atoms with van der Waals surface area (Å²) < 4.78 is 11.3. The number of hydrogen-bond donors (Lipinski definition) is 1. The largest absolute Gasteiger partial charge is 0.497 e. The van der Waals surface area contributed by atoms with Crippen LogP contribution in [0.3, 0.4) is 0 Å². The van der Waals surface area contributed by atoms with E-state index in [0.717, 1.165) is 16.9 Å². The normalized spacial score (nSPS) is 15.1. The van der Waals surface area contributed by atoms with Gasteiger partial charge in [0.15, 0.2) is 0 Å². The first-order valence-corrected chi connectivity index (χ1v) is 7.59. The molecule has 0 aliphatic heterocycles. The molecule has 0 saturated heterocycles. The molecule has 22 heavy (non-hydrogen) atoms. The van der Waals surface area contributed by atoms with Gasteiger partial charge >= 0.3 is 0 Å². The first kappa shape index (κ1) is 16.5. The average Bonchev–Trinajstić information content (AvgIpc) is 2.56. The van der Waals surface area contributed by atoms with Gasteiger partial charge in [0.05, 0.1) is 25.9 Å². The fourth-order valence-corrected chi connectivity index (χ4v) is 2.36. The van der Waals surface area contributed by atoms with E-state index >= 15 is 0 Å². The lowest BCUT2D eigenvalue weighted by Crippen LogP contribution is -2.23. The predicted octanol–water partition coefficient (Wildman–Crippen LogP) is 3.97. The fraction of sp³-hybridized carbons (Fsp3) is 0.368. The quantitative estimate of drug-likeness (QED) is 0.841. The third kappa shape index (κ3) is 4.33. The van der Waals surface area contributed by atoms with Gasteiger partial charge in [-0.05, 0) is 30.2 Å². The summed E-state index contributed by atoms with van der Waals surface area (Å²) in [6.45, 7) is 4.31. The Hall–Kier alpha value is -1.84. The van der Waals surface area contributed by atoms with Gasteiger partial charge < -0.3 is 14.6 Å². The third-order valence-corrected chi connectivity index (χ3v) is 3.96. The van der Waals surface area contributed by atoms with Crippen molar-refractivity contribution in [2.45, 2.75) is 32.7 Å². The van der Waals surface area contributed by atoms with E-state index in [1.54, 1.807) is 14.0 Å². The molecule has 0 spiro atoms. The molecule has 0 fully saturated rings. The molecule has 0 radical (unpaired) electrons. The minimum atomic E-state index is -0.430. The Labute approximate surface area is 132 Å². The van der Waals surface area contributed by atoms with Crippen LogP contribution in [0.4, 0.5) is 0 Å². The lowest BCUT2D eigenvalue weighted by atomic mass is 9.93. The Balaban J connectivity index is 2.09. The molecule has 0 heterocycles. The smallest absolute Gasteiger partial charge is 0.118 e. The molecule has 2 aromatic rings. The van der Waals surface area contributed by atoms with Gasteiger partial charge in [-0.25, -0.2) is 0 Å². The molecular weight excluding hydrogens is 276 g/mol. The Morgan fingerprint density at radius 2 is 1.59 bits per heavy atom. The Kier molecular flexibility index (Phi) is 5.99. The van der Waals surface area contributed by atoms with Gasteiger partial charge in [-0.1, -0.05) is 49.4 Å². The Bertz CT molecular complexity index is 549. The van der Waals surface area contributed by atoms with Crippen molar-refractivity contribution in [3.63, 3.8) is 0 Å². The SMILES string of the molecule is COc1ccc(CO[C@@H](c2ccccc2)[C@@H](C)C(C)O)cc1. The third-order valence-electron chi connectivity index (χ3n) is 3.96. The number of hydrogen-bond acceptors (Lipinski definition) is 3. The van der Waals surface area contributed by atoms with Crippen molar-refractivity contribution < 1.29 is 14.6 Å². The first-order chi connectivity index (χ1) is 10.6. The van der Waals surface area contributed by atoms with E-state index in [2.05, 4.69) is 0 Å². The minimum absolute atomic E-state index is 0.0145. The van der Waals surface area contributed by atoms with Gasteiger partial charge in [-0.2, -0.15) is 0 Å². The van der Waals surface area contributed by atoms with Crippen LogP contribution in [-0.4, -0.2) is 18.3 Å². The number of aliphatic hydroxyl groups excluding tert-OH is 1. The number of methoxy groups -OCH3 is 1. The highest BCUT2D eigenvalue weighted by atomic mass is 16.5. The maximum absolute atomic E-state index is 9.92. The van der Waals surface area contributed by atoms with E-state index < -0.39 is 6.10 Å². The monoisotopic (exact) mass is 300 g/mol. The van der Waals surface area contributed by atoms with Crippen molar-refractivity contribution in [1.29, 1.82) is 0 Å². The molecule has 1 N–H and O–H groups in total. The highest BCUT2D eigenvalue weighted by molar-refractivity contribution is 5.27. The number of rotatable bonds is 7. The molecule has 0 amide bonds. The van der Waals surface area contributed by atoms with E-state index in [9.17, 15) is 5.11 Å². The zero-order valence-electron chi connectivity index (χ0n) is 13.4. The molecule has 0 aliphatic carbocycles. The standard InChI is InChI=1S/C19H24O3/c1-14(15(2)20)19(17-7-5-4-6-8-17)22-13-16-9-11-18(21-3)12-10-16/h4-12,14-15,19-20H,13H2,1-3H3/t14-,15?,19+/m0/s1. The Morgan fingerprint density at radius 3 is 2.14 bits per heavy atom. The molecule has 3 atom stereocenters. The fourth-order valence-electron chi connectivity index (χ4n) is 2.36. The molecule has 2 aromatic carbocycles. The highest BCUT2D eigenvalue weighted by Crippen LogP contribution is 2.29. The molecule has 3 heteroatoms. The molecule has 0 bridgehead atoms. The number of benzene rings is 2. The lowest BCUT2D eigenvalue weighted by molar-refractivity contribution is -0.0353. The highest BCUT2D eigenvalue weighted by Gasteiger charge is 2.23. The van der Waals surface area contributed by atoms with Gasteiger partial charge in [-0.3, -0.25) is 0 Å². The van der Waals surface area contributed by atoms with Crippen LogP contribution in [0.25, 0.3) is 0 Å². The summed E-state index contributed by atoms with van der Waals surface area (Å²) in [4.78, 5) is 0. The molecule has 1 unspecified atom stereocenters. The van der Waals surface area contributed by atoms with Crippen molar-refractivity contribution >= 4 is 0 Å². The van der Waals surface area contributed by atoms with Crippen molar-refractivity contribution in [2.75, 3.05) is 7.11 Å². The second kappa shape index (κ2) is 7.97. The maximum atomic E-state index is 9.92. The van der Waals surface area contributed by atoms with Crippen molar-refractivity contribution in [2.24, 2.45) is 5.92 Å². The number of aliphatic hydroxyl groups is 1. The van der Waals surface area contributed by atoms with E-state index in [1.165, 1.54) is 0 Å². The second-order valence-electron chi connectivity index (χ2n) is 5.59. The van der Waals surface area contributed by atoms with Crippen LogP contribution in [0.5, 0.6) is 5.75 Å². The van der Waals surface area contributed by atoms with Crippen LogP contribution in [0, 0.1) is 5.92 Å². The van der Waals surface area contributed by atoms with Gasteiger partial charge in [0.2, 0.25) is 0 Å². The van der Waals surface area contributed by atoms with Gasteiger partial charge in [-0.15, -0.1) is 0 Å². The summed E-state index contributed by atoms with van der Waals surface area (Å²) in [7, 11) is 1.65. The minimum Gasteiger partial charge on any atom is -0.497 e. The Morgan fingerprint density at radius 1 is 0.955 bits per heavy atom. The molecule has 0 saturated carbocycles. The van der Waals surface area contributed by atoms with Crippen molar-refractivity contribution in [3.8, 4) is 5.75 Å². The van der Waals surface area contributed by atoms with Crippen LogP contribution >= 0.6 is 0 Å². The molecule has 2 rings (SSSR count). The summed E-state index contributed by atoms with van der Waals surface area (Å²) in [5.74, 6) is 0.848. The molecular formula is C19H24O3. The maximum Gasteiger partial charge on any atom is 0.118 e. The van der Waals surface area contributed by atoms with Gasteiger partial charge in [0.25, 0.3) is 0 Å². The van der Waals surface area contributed by atoms with Crippen LogP contribution in [-0.2, 0) is 11.3 Å². The summed E-state index contributed by atoms with van der Waals surface area (Å²) >= 11 is 0. The van der Waals surface area contributed by atoms with Gasteiger partial charge in [0, 0.05) is 5.92 Å². The summed E-state index contributed by atoms with van der Waals surface area (Å²) in [5.41, 5.74) is 2.17. The van der Waals surface area contributed by atoms with Crippen LogP contribution in [0.2, 0.25) is 0 Å². The lowest BCUT2D eigenvalue weighted by Gasteiger charge is -2.27. The molecule has 0 aliphatic rings.